The number of thiazole rings is 1. The van der Waals surface area contributed by atoms with Crippen LogP contribution in [-0.2, 0) is 4.79 Å². The van der Waals surface area contributed by atoms with Gasteiger partial charge >= 0.3 is 0 Å². The Morgan fingerprint density at radius 2 is 2.14 bits per heavy atom. The van der Waals surface area contributed by atoms with E-state index in [1.807, 2.05) is 30.8 Å². The van der Waals surface area contributed by atoms with Crippen LogP contribution in [0.25, 0.3) is 10.2 Å². The van der Waals surface area contributed by atoms with Crippen molar-refractivity contribution in [1.82, 2.24) is 10.3 Å². The first-order valence-electron chi connectivity index (χ1n) is 7.53. The van der Waals surface area contributed by atoms with Crippen molar-refractivity contribution >= 4 is 33.1 Å². The van der Waals surface area contributed by atoms with E-state index in [-0.39, 0.29) is 11.4 Å². The normalized spacial score (nSPS) is 17.8. The van der Waals surface area contributed by atoms with Crippen molar-refractivity contribution in [2.24, 2.45) is 0 Å². The van der Waals surface area contributed by atoms with Crippen LogP contribution in [0.4, 0.5) is 5.69 Å². The molecule has 2 N–H and O–H groups in total. The minimum absolute atomic E-state index is 0.0169. The van der Waals surface area contributed by atoms with E-state index in [0.717, 1.165) is 28.7 Å². The van der Waals surface area contributed by atoms with Gasteiger partial charge in [-0.3, -0.25) is 4.79 Å². The van der Waals surface area contributed by atoms with Gasteiger partial charge in [0.1, 0.15) is 0 Å². The Morgan fingerprint density at radius 1 is 1.33 bits per heavy atom. The van der Waals surface area contributed by atoms with Crippen molar-refractivity contribution in [3.05, 3.63) is 23.7 Å². The van der Waals surface area contributed by atoms with Gasteiger partial charge in [0, 0.05) is 17.6 Å². The summed E-state index contributed by atoms with van der Waals surface area (Å²) in [6.07, 6.45) is 6.43. The molecule has 0 atom stereocenters. The van der Waals surface area contributed by atoms with Crippen molar-refractivity contribution in [2.45, 2.75) is 44.1 Å². The number of anilines is 1. The fourth-order valence-corrected chi connectivity index (χ4v) is 3.91. The summed E-state index contributed by atoms with van der Waals surface area (Å²) >= 11 is 1.59. The number of aromatic nitrogens is 1. The van der Waals surface area contributed by atoms with Crippen LogP contribution in [0.15, 0.2) is 23.7 Å². The molecular weight excluding hydrogens is 282 g/mol. The van der Waals surface area contributed by atoms with Crippen molar-refractivity contribution in [3.8, 4) is 0 Å². The van der Waals surface area contributed by atoms with Crippen LogP contribution in [0.3, 0.4) is 0 Å². The van der Waals surface area contributed by atoms with Crippen molar-refractivity contribution in [3.63, 3.8) is 0 Å². The largest absolute Gasteiger partial charge is 0.326 e. The predicted molar refractivity (Wildman–Crippen MR) is 87.7 cm³/mol. The van der Waals surface area contributed by atoms with Gasteiger partial charge in [0.05, 0.1) is 15.7 Å². The van der Waals surface area contributed by atoms with Crippen molar-refractivity contribution in [1.29, 1.82) is 0 Å². The Labute approximate surface area is 129 Å². The Hall–Kier alpha value is -1.46. The minimum atomic E-state index is -0.0169. The lowest BCUT2D eigenvalue weighted by atomic mass is 9.79. The van der Waals surface area contributed by atoms with E-state index < -0.39 is 0 Å². The van der Waals surface area contributed by atoms with Gasteiger partial charge < -0.3 is 10.6 Å². The van der Waals surface area contributed by atoms with Gasteiger partial charge in [-0.1, -0.05) is 19.3 Å². The first kappa shape index (κ1) is 14.5. The first-order chi connectivity index (χ1) is 10.2. The highest BCUT2D eigenvalue weighted by molar-refractivity contribution is 7.16. The molecule has 1 fully saturated rings. The average Bonchev–Trinajstić information content (AvgIpc) is 2.95. The summed E-state index contributed by atoms with van der Waals surface area (Å²) in [4.78, 5) is 16.6. The third kappa shape index (κ3) is 3.24. The van der Waals surface area contributed by atoms with Crippen LogP contribution >= 0.6 is 11.3 Å². The minimum Gasteiger partial charge on any atom is -0.326 e. The Kier molecular flexibility index (Phi) is 4.22. The molecular formula is C16H21N3OS. The molecule has 0 spiro atoms. The summed E-state index contributed by atoms with van der Waals surface area (Å²) in [6.45, 7) is 0. The van der Waals surface area contributed by atoms with Crippen LogP contribution in [-0.4, -0.2) is 23.5 Å². The summed E-state index contributed by atoms with van der Waals surface area (Å²) in [6, 6.07) is 5.88. The van der Waals surface area contributed by atoms with E-state index in [2.05, 4.69) is 15.6 Å². The molecule has 0 radical (unpaired) electrons. The van der Waals surface area contributed by atoms with E-state index in [4.69, 9.17) is 0 Å². The molecule has 21 heavy (non-hydrogen) atoms. The molecule has 1 aromatic heterocycles. The van der Waals surface area contributed by atoms with Crippen molar-refractivity contribution in [2.75, 3.05) is 12.4 Å². The highest BCUT2D eigenvalue weighted by atomic mass is 32.1. The number of fused-ring (bicyclic) bond motifs is 1. The number of hydrogen-bond acceptors (Lipinski definition) is 4. The number of carbonyl (C=O) groups is 1. The number of nitrogens with zero attached hydrogens (tertiary/aromatic N) is 1. The van der Waals surface area contributed by atoms with Gasteiger partial charge in [0.15, 0.2) is 0 Å². The van der Waals surface area contributed by atoms with E-state index in [1.165, 1.54) is 19.3 Å². The van der Waals surface area contributed by atoms with Gasteiger partial charge in [0.2, 0.25) is 5.91 Å². The fraction of sp³-hybridized carbons (Fsp3) is 0.500. The molecule has 1 saturated carbocycles. The zero-order valence-corrected chi connectivity index (χ0v) is 13.1. The summed E-state index contributed by atoms with van der Waals surface area (Å²) < 4.78 is 1.11. The van der Waals surface area contributed by atoms with Crippen LogP contribution in [0.5, 0.6) is 0 Å². The average molecular weight is 303 g/mol. The summed E-state index contributed by atoms with van der Waals surface area (Å²) in [5.41, 5.74) is 3.65. The maximum atomic E-state index is 12.4. The molecule has 0 unspecified atom stereocenters. The van der Waals surface area contributed by atoms with E-state index >= 15 is 0 Å². The zero-order valence-electron chi connectivity index (χ0n) is 12.3. The second kappa shape index (κ2) is 6.12. The molecule has 4 nitrogen and oxygen atoms in total. The van der Waals surface area contributed by atoms with E-state index in [9.17, 15) is 4.79 Å². The van der Waals surface area contributed by atoms with Crippen molar-refractivity contribution < 1.29 is 4.79 Å². The van der Waals surface area contributed by atoms with Gasteiger partial charge in [0.25, 0.3) is 0 Å². The van der Waals surface area contributed by atoms with Crippen LogP contribution in [0.1, 0.15) is 38.5 Å². The molecule has 0 saturated heterocycles. The lowest BCUT2D eigenvalue weighted by molar-refractivity contribution is -0.117. The highest BCUT2D eigenvalue weighted by Crippen LogP contribution is 2.31. The lowest BCUT2D eigenvalue weighted by Crippen LogP contribution is -2.47. The summed E-state index contributed by atoms with van der Waals surface area (Å²) in [7, 11) is 1.97. The van der Waals surface area contributed by atoms with Gasteiger partial charge in [-0.15, -0.1) is 11.3 Å². The molecule has 1 amide bonds. The maximum absolute atomic E-state index is 12.4. The van der Waals surface area contributed by atoms with Crippen LogP contribution < -0.4 is 10.6 Å². The Balaban J connectivity index is 1.67. The number of carbonyl (C=O) groups excluding carboxylic acids is 1. The summed E-state index contributed by atoms with van der Waals surface area (Å²) in [5.74, 6) is 0.0927. The number of rotatable bonds is 4. The number of amides is 1. The molecule has 5 heteroatoms. The highest BCUT2D eigenvalue weighted by Gasteiger charge is 2.32. The Morgan fingerprint density at radius 3 is 2.90 bits per heavy atom. The molecule has 1 aromatic carbocycles. The third-order valence-corrected chi connectivity index (χ3v) is 5.25. The van der Waals surface area contributed by atoms with E-state index in [1.54, 1.807) is 11.3 Å². The van der Waals surface area contributed by atoms with Crippen LogP contribution in [0.2, 0.25) is 0 Å². The lowest BCUT2D eigenvalue weighted by Gasteiger charge is -2.36. The monoisotopic (exact) mass is 303 g/mol. The third-order valence-electron chi connectivity index (χ3n) is 4.45. The van der Waals surface area contributed by atoms with E-state index in [0.29, 0.717) is 6.42 Å². The van der Waals surface area contributed by atoms with Crippen LogP contribution in [0, 0.1) is 0 Å². The number of nitrogens with one attached hydrogen (secondary N) is 2. The fourth-order valence-electron chi connectivity index (χ4n) is 3.19. The maximum Gasteiger partial charge on any atom is 0.226 e. The molecule has 1 heterocycles. The second-order valence-corrected chi connectivity index (χ2v) is 6.74. The number of hydrogen-bond donors (Lipinski definition) is 2. The number of benzene rings is 1. The predicted octanol–water partition coefficient (Wildman–Crippen LogP) is 3.55. The van der Waals surface area contributed by atoms with Gasteiger partial charge in [-0.25, -0.2) is 4.98 Å². The molecule has 1 aliphatic carbocycles. The Bertz CT molecular complexity index is 631. The summed E-state index contributed by atoms with van der Waals surface area (Å²) in [5, 5.41) is 6.42. The molecule has 3 rings (SSSR count). The smallest absolute Gasteiger partial charge is 0.226 e. The zero-order chi connectivity index (χ0) is 14.7. The SMILES string of the molecule is CNC1(CC(=O)Nc2ccc3ncsc3c2)CCCCC1. The standard InChI is InChI=1S/C16H21N3OS/c1-17-16(7-3-2-4-8-16)10-15(20)19-12-5-6-13-14(9-12)21-11-18-13/h5-6,9,11,17H,2-4,7-8,10H2,1H3,(H,19,20). The van der Waals surface area contributed by atoms with Gasteiger partial charge in [-0.05, 0) is 38.1 Å². The molecule has 1 aliphatic rings. The topological polar surface area (TPSA) is 54.0 Å². The second-order valence-electron chi connectivity index (χ2n) is 5.85. The molecule has 0 bridgehead atoms. The quantitative estimate of drug-likeness (QED) is 0.908. The molecule has 0 aliphatic heterocycles. The molecule has 112 valence electrons. The van der Waals surface area contributed by atoms with Gasteiger partial charge in [-0.2, -0.15) is 0 Å². The first-order valence-corrected chi connectivity index (χ1v) is 8.41. The molecule has 2 aromatic rings.